The minimum absolute atomic E-state index is 0.0292. The second-order valence-corrected chi connectivity index (χ2v) is 4.51. The molecule has 2 atom stereocenters. The molecule has 1 aromatic carbocycles. The van der Waals surface area contributed by atoms with E-state index in [9.17, 15) is 4.79 Å². The zero-order chi connectivity index (χ0) is 12.3. The van der Waals surface area contributed by atoms with Crippen molar-refractivity contribution >= 4 is 17.8 Å². The van der Waals surface area contributed by atoms with Gasteiger partial charge in [-0.15, -0.1) is 0 Å². The molecule has 4 heteroatoms. The number of hydrogen-bond donors (Lipinski definition) is 3. The fraction of sp³-hybridized carbons (Fsp3) is 0.462. The van der Waals surface area contributed by atoms with Crippen molar-refractivity contribution < 1.29 is 4.79 Å². The Bertz CT molecular complexity index is 406. The Morgan fingerprint density at radius 3 is 3.12 bits per heavy atom. The highest BCUT2D eigenvalue weighted by Gasteiger charge is 2.27. The first-order valence-corrected chi connectivity index (χ1v) is 6.10. The van der Waals surface area contributed by atoms with Crippen LogP contribution in [0.2, 0.25) is 0 Å². The summed E-state index contributed by atoms with van der Waals surface area (Å²) >= 11 is 0. The van der Waals surface area contributed by atoms with E-state index in [1.165, 1.54) is 0 Å². The van der Waals surface area contributed by atoms with Gasteiger partial charge in [-0.25, -0.2) is 0 Å². The molecule has 0 saturated heterocycles. The number of fused-ring (bicyclic) bond motifs is 1. The number of amides is 1. The molecule has 92 valence electrons. The number of nitrogens with two attached hydrogens (primary N) is 1. The molecule has 1 amide bonds. The first kappa shape index (κ1) is 11.8. The van der Waals surface area contributed by atoms with Crippen molar-refractivity contribution in [2.45, 2.75) is 38.3 Å². The van der Waals surface area contributed by atoms with E-state index in [0.717, 1.165) is 42.6 Å². The predicted octanol–water partition coefficient (Wildman–Crippen LogP) is 2.04. The third-order valence-electron chi connectivity index (χ3n) is 3.27. The molecule has 17 heavy (non-hydrogen) atoms. The third-order valence-corrected chi connectivity index (χ3v) is 3.27. The van der Waals surface area contributed by atoms with Crippen molar-refractivity contribution in [3.05, 3.63) is 23.8 Å². The van der Waals surface area contributed by atoms with Crippen molar-refractivity contribution in [3.8, 4) is 0 Å². The summed E-state index contributed by atoms with van der Waals surface area (Å²) in [5, 5.41) is 6.36. The second kappa shape index (κ2) is 5.08. The Kier molecular flexibility index (Phi) is 3.52. The van der Waals surface area contributed by atoms with Gasteiger partial charge in [0.1, 0.15) is 0 Å². The van der Waals surface area contributed by atoms with Gasteiger partial charge in [-0.3, -0.25) is 4.79 Å². The molecule has 2 unspecified atom stereocenters. The van der Waals surface area contributed by atoms with Gasteiger partial charge in [0.2, 0.25) is 6.41 Å². The van der Waals surface area contributed by atoms with E-state index in [4.69, 9.17) is 5.73 Å². The quantitative estimate of drug-likeness (QED) is 0.550. The number of nitrogens with one attached hydrogen (secondary N) is 2. The lowest BCUT2D eigenvalue weighted by Gasteiger charge is -2.33. The smallest absolute Gasteiger partial charge is 0.207 e. The molecule has 0 bridgehead atoms. The van der Waals surface area contributed by atoms with Crippen molar-refractivity contribution in [2.24, 2.45) is 0 Å². The van der Waals surface area contributed by atoms with Crippen molar-refractivity contribution in [1.82, 2.24) is 5.32 Å². The van der Waals surface area contributed by atoms with Crippen LogP contribution in [0.3, 0.4) is 0 Å². The number of benzene rings is 1. The lowest BCUT2D eigenvalue weighted by atomic mass is 9.90. The van der Waals surface area contributed by atoms with Crippen LogP contribution in [-0.4, -0.2) is 12.5 Å². The average Bonchev–Trinajstić information content (AvgIpc) is 2.29. The number of rotatable bonds is 4. The molecule has 0 aromatic heterocycles. The van der Waals surface area contributed by atoms with Crippen LogP contribution < -0.4 is 16.4 Å². The van der Waals surface area contributed by atoms with E-state index in [0.29, 0.717) is 6.04 Å². The van der Waals surface area contributed by atoms with Gasteiger partial charge < -0.3 is 16.4 Å². The minimum Gasteiger partial charge on any atom is -0.398 e. The SMILES string of the molecule is CCCC1CC(NC=O)c2c(N)cccc2N1. The van der Waals surface area contributed by atoms with Crippen LogP contribution >= 0.6 is 0 Å². The molecule has 4 nitrogen and oxygen atoms in total. The van der Waals surface area contributed by atoms with E-state index in [2.05, 4.69) is 17.6 Å². The molecule has 0 radical (unpaired) electrons. The molecular weight excluding hydrogens is 214 g/mol. The van der Waals surface area contributed by atoms with Gasteiger partial charge in [-0.05, 0) is 25.0 Å². The van der Waals surface area contributed by atoms with Gasteiger partial charge in [-0.2, -0.15) is 0 Å². The van der Waals surface area contributed by atoms with Crippen LogP contribution in [0.5, 0.6) is 0 Å². The van der Waals surface area contributed by atoms with Gasteiger partial charge in [0.05, 0.1) is 6.04 Å². The highest BCUT2D eigenvalue weighted by molar-refractivity contribution is 5.68. The molecular formula is C13H19N3O. The molecule has 1 aromatic rings. The summed E-state index contributed by atoms with van der Waals surface area (Å²) in [5.41, 5.74) is 8.80. The Balaban J connectivity index is 2.31. The summed E-state index contributed by atoms with van der Waals surface area (Å²) in [4.78, 5) is 10.7. The van der Waals surface area contributed by atoms with Gasteiger partial charge >= 0.3 is 0 Å². The Labute approximate surface area is 102 Å². The number of anilines is 2. The molecule has 0 fully saturated rings. The molecule has 1 aliphatic rings. The average molecular weight is 233 g/mol. The molecule has 0 spiro atoms. The second-order valence-electron chi connectivity index (χ2n) is 4.51. The topological polar surface area (TPSA) is 67.2 Å². The first-order valence-electron chi connectivity index (χ1n) is 6.10. The highest BCUT2D eigenvalue weighted by atomic mass is 16.1. The summed E-state index contributed by atoms with van der Waals surface area (Å²) in [6.07, 6.45) is 3.89. The molecule has 2 rings (SSSR count). The standard InChI is InChI=1S/C13H19N3O/c1-2-4-9-7-12(15-8-17)13-10(14)5-3-6-11(13)16-9/h3,5-6,8-9,12,16H,2,4,7,14H2,1H3,(H,15,17). The van der Waals surface area contributed by atoms with Crippen LogP contribution in [-0.2, 0) is 4.79 Å². The van der Waals surface area contributed by atoms with Crippen LogP contribution in [0.15, 0.2) is 18.2 Å². The maximum absolute atomic E-state index is 10.7. The Morgan fingerprint density at radius 1 is 1.59 bits per heavy atom. The fourth-order valence-corrected chi connectivity index (χ4v) is 2.55. The number of hydrogen-bond acceptors (Lipinski definition) is 3. The zero-order valence-corrected chi connectivity index (χ0v) is 10.1. The Morgan fingerprint density at radius 2 is 2.41 bits per heavy atom. The molecule has 0 saturated carbocycles. The summed E-state index contributed by atoms with van der Waals surface area (Å²) in [5.74, 6) is 0. The summed E-state index contributed by atoms with van der Waals surface area (Å²) in [7, 11) is 0. The van der Waals surface area contributed by atoms with Crippen molar-refractivity contribution in [3.63, 3.8) is 0 Å². The first-order chi connectivity index (χ1) is 8.26. The van der Waals surface area contributed by atoms with Gasteiger partial charge in [0.15, 0.2) is 0 Å². The lowest BCUT2D eigenvalue weighted by molar-refractivity contribution is -0.110. The maximum Gasteiger partial charge on any atom is 0.207 e. The Hall–Kier alpha value is -1.71. The van der Waals surface area contributed by atoms with Crippen LogP contribution in [0.4, 0.5) is 11.4 Å². The largest absolute Gasteiger partial charge is 0.398 e. The van der Waals surface area contributed by atoms with E-state index in [1.54, 1.807) is 0 Å². The number of carbonyl (C=O) groups excluding carboxylic acids is 1. The van der Waals surface area contributed by atoms with Crippen LogP contribution in [0.1, 0.15) is 37.8 Å². The number of carbonyl (C=O) groups is 1. The zero-order valence-electron chi connectivity index (χ0n) is 10.1. The molecule has 1 aliphatic heterocycles. The lowest BCUT2D eigenvalue weighted by Crippen LogP contribution is -2.34. The maximum atomic E-state index is 10.7. The van der Waals surface area contributed by atoms with Gasteiger partial charge in [-0.1, -0.05) is 19.4 Å². The summed E-state index contributed by atoms with van der Waals surface area (Å²) < 4.78 is 0. The number of nitrogen functional groups attached to an aromatic ring is 1. The van der Waals surface area contributed by atoms with Crippen molar-refractivity contribution in [1.29, 1.82) is 0 Å². The molecule has 0 aliphatic carbocycles. The summed E-state index contributed by atoms with van der Waals surface area (Å²) in [6.45, 7) is 2.17. The van der Waals surface area contributed by atoms with Gasteiger partial charge in [0.25, 0.3) is 0 Å². The highest BCUT2D eigenvalue weighted by Crippen LogP contribution is 2.37. The van der Waals surface area contributed by atoms with E-state index in [-0.39, 0.29) is 6.04 Å². The van der Waals surface area contributed by atoms with Crippen LogP contribution in [0, 0.1) is 0 Å². The van der Waals surface area contributed by atoms with E-state index >= 15 is 0 Å². The van der Waals surface area contributed by atoms with Gasteiger partial charge in [0, 0.05) is 23.0 Å². The molecule has 1 heterocycles. The fourth-order valence-electron chi connectivity index (χ4n) is 2.55. The molecule has 4 N–H and O–H groups in total. The minimum atomic E-state index is 0.0292. The normalized spacial score (nSPS) is 22.4. The van der Waals surface area contributed by atoms with Crippen LogP contribution in [0.25, 0.3) is 0 Å². The third kappa shape index (κ3) is 2.35. The van der Waals surface area contributed by atoms with E-state index in [1.807, 2.05) is 18.2 Å². The predicted molar refractivity (Wildman–Crippen MR) is 69.7 cm³/mol. The van der Waals surface area contributed by atoms with E-state index < -0.39 is 0 Å². The monoisotopic (exact) mass is 233 g/mol. The summed E-state index contributed by atoms with van der Waals surface area (Å²) in [6, 6.07) is 6.27. The van der Waals surface area contributed by atoms with Crippen molar-refractivity contribution in [2.75, 3.05) is 11.1 Å².